The van der Waals surface area contributed by atoms with Crippen LogP contribution in [0, 0.1) is 0 Å². The topological polar surface area (TPSA) is 121 Å². The number of hydrogen-bond acceptors (Lipinski definition) is 6. The van der Waals surface area contributed by atoms with Crippen molar-refractivity contribution in [1.29, 1.82) is 0 Å². The number of nitrogens with zero attached hydrogens (tertiary/aromatic N) is 4. The van der Waals surface area contributed by atoms with Gasteiger partial charge in [-0.25, -0.2) is 9.48 Å². The van der Waals surface area contributed by atoms with Gasteiger partial charge in [0.05, 0.1) is 18.5 Å². The summed E-state index contributed by atoms with van der Waals surface area (Å²) in [5.74, 6) is -1.50. The Kier molecular flexibility index (Phi) is 4.89. The number of rotatable bonds is 4. The van der Waals surface area contributed by atoms with E-state index in [2.05, 4.69) is 10.4 Å². The van der Waals surface area contributed by atoms with Crippen molar-refractivity contribution in [1.82, 2.24) is 15.1 Å². The minimum Gasteiger partial charge on any atom is -0.476 e. The van der Waals surface area contributed by atoms with Crippen LogP contribution in [0.4, 0.5) is 11.4 Å². The SMILES string of the molecule is O=C(O)c1nn(-c2ccc3occc3c2)c2c1CCN(c1ccc(N3CCNCC3=O)cc1)C2=O. The number of hydrogen-bond donors (Lipinski definition) is 2. The van der Waals surface area contributed by atoms with Gasteiger partial charge < -0.3 is 24.6 Å². The van der Waals surface area contributed by atoms with Crippen LogP contribution in [0.5, 0.6) is 0 Å². The molecular weight excluding hydrogens is 450 g/mol. The second-order valence-electron chi connectivity index (χ2n) is 8.48. The molecule has 0 spiro atoms. The van der Waals surface area contributed by atoms with E-state index in [9.17, 15) is 19.5 Å². The Morgan fingerprint density at radius 1 is 0.971 bits per heavy atom. The molecule has 6 rings (SSSR count). The number of amides is 2. The van der Waals surface area contributed by atoms with Crippen LogP contribution in [-0.4, -0.2) is 58.8 Å². The van der Waals surface area contributed by atoms with Gasteiger partial charge in [-0.3, -0.25) is 9.59 Å². The van der Waals surface area contributed by atoms with Gasteiger partial charge in [0.2, 0.25) is 5.91 Å². The fourth-order valence-corrected chi connectivity index (χ4v) is 4.74. The number of aromatic carboxylic acids is 1. The highest BCUT2D eigenvalue weighted by molar-refractivity contribution is 6.09. The Bertz CT molecular complexity index is 1490. The van der Waals surface area contributed by atoms with Crippen molar-refractivity contribution in [2.45, 2.75) is 6.42 Å². The van der Waals surface area contributed by atoms with Crippen molar-refractivity contribution in [2.24, 2.45) is 0 Å². The van der Waals surface area contributed by atoms with Crippen molar-refractivity contribution < 1.29 is 23.9 Å². The Hall–Kier alpha value is -4.44. The highest BCUT2D eigenvalue weighted by atomic mass is 16.4. The van der Waals surface area contributed by atoms with Crippen LogP contribution in [0.15, 0.2) is 59.2 Å². The summed E-state index contributed by atoms with van der Waals surface area (Å²) in [6.07, 6.45) is 1.93. The summed E-state index contributed by atoms with van der Waals surface area (Å²) in [6.45, 7) is 1.93. The lowest BCUT2D eigenvalue weighted by atomic mass is 10.0. The number of carbonyl (C=O) groups is 3. The van der Waals surface area contributed by atoms with Crippen LogP contribution >= 0.6 is 0 Å². The van der Waals surface area contributed by atoms with E-state index in [4.69, 9.17) is 4.42 Å². The van der Waals surface area contributed by atoms with E-state index >= 15 is 0 Å². The molecule has 10 heteroatoms. The van der Waals surface area contributed by atoms with Gasteiger partial charge in [-0.1, -0.05) is 0 Å². The highest BCUT2D eigenvalue weighted by Crippen LogP contribution is 2.31. The molecule has 4 aromatic rings. The summed E-state index contributed by atoms with van der Waals surface area (Å²) in [7, 11) is 0. The van der Waals surface area contributed by atoms with Crippen molar-refractivity contribution in [2.75, 3.05) is 36.0 Å². The molecule has 0 unspecified atom stereocenters. The van der Waals surface area contributed by atoms with Gasteiger partial charge in [-0.15, -0.1) is 0 Å². The first-order valence-corrected chi connectivity index (χ1v) is 11.3. The minimum atomic E-state index is -1.17. The molecule has 0 radical (unpaired) electrons. The number of nitrogens with one attached hydrogen (secondary N) is 1. The molecule has 0 saturated carbocycles. The lowest BCUT2D eigenvalue weighted by Gasteiger charge is -2.30. The number of carboxylic acid groups (broad SMARTS) is 1. The minimum absolute atomic E-state index is 0.00221. The van der Waals surface area contributed by atoms with Crippen molar-refractivity contribution in [3.8, 4) is 5.69 Å². The Labute approximate surface area is 199 Å². The molecule has 2 aliphatic heterocycles. The molecule has 2 aliphatic rings. The normalized spacial score (nSPS) is 16.1. The first-order valence-electron chi connectivity index (χ1n) is 11.3. The lowest BCUT2D eigenvalue weighted by molar-refractivity contribution is -0.118. The molecule has 2 N–H and O–H groups in total. The van der Waals surface area contributed by atoms with Crippen LogP contribution < -0.4 is 15.1 Å². The van der Waals surface area contributed by atoms with Gasteiger partial charge in [0.1, 0.15) is 11.3 Å². The van der Waals surface area contributed by atoms with Gasteiger partial charge in [0.15, 0.2) is 5.69 Å². The van der Waals surface area contributed by atoms with Gasteiger partial charge >= 0.3 is 5.97 Å². The number of aromatic nitrogens is 2. The van der Waals surface area contributed by atoms with Crippen LogP contribution in [-0.2, 0) is 11.2 Å². The second kappa shape index (κ2) is 8.10. The van der Waals surface area contributed by atoms with Gasteiger partial charge in [0, 0.05) is 42.0 Å². The number of carboxylic acids is 1. The van der Waals surface area contributed by atoms with Gasteiger partial charge in [-0.05, 0) is 55.0 Å². The average molecular weight is 471 g/mol. The van der Waals surface area contributed by atoms with E-state index in [-0.39, 0.29) is 23.2 Å². The number of furan rings is 1. The van der Waals surface area contributed by atoms with E-state index in [1.165, 1.54) is 4.68 Å². The number of carbonyl (C=O) groups excluding carboxylic acids is 2. The third kappa shape index (κ3) is 3.46. The Balaban J connectivity index is 1.37. The molecule has 0 bridgehead atoms. The third-order valence-electron chi connectivity index (χ3n) is 6.46. The number of benzene rings is 2. The molecule has 4 heterocycles. The zero-order valence-corrected chi connectivity index (χ0v) is 18.6. The van der Waals surface area contributed by atoms with Crippen LogP contribution in [0.25, 0.3) is 16.7 Å². The molecule has 0 atom stereocenters. The summed E-state index contributed by atoms with van der Waals surface area (Å²) >= 11 is 0. The summed E-state index contributed by atoms with van der Waals surface area (Å²) in [5.41, 5.74) is 3.24. The highest BCUT2D eigenvalue weighted by Gasteiger charge is 2.35. The molecule has 2 aromatic carbocycles. The molecule has 2 aromatic heterocycles. The maximum atomic E-state index is 13.7. The quantitative estimate of drug-likeness (QED) is 0.469. The number of fused-ring (bicyclic) bond motifs is 2. The van der Waals surface area contributed by atoms with E-state index in [1.54, 1.807) is 34.3 Å². The monoisotopic (exact) mass is 471 g/mol. The summed E-state index contributed by atoms with van der Waals surface area (Å²) < 4.78 is 6.80. The van der Waals surface area contributed by atoms with Crippen molar-refractivity contribution >= 4 is 40.1 Å². The predicted molar refractivity (Wildman–Crippen MR) is 127 cm³/mol. The van der Waals surface area contributed by atoms with E-state index in [0.29, 0.717) is 48.6 Å². The molecule has 35 heavy (non-hydrogen) atoms. The zero-order chi connectivity index (χ0) is 24.1. The molecule has 1 fully saturated rings. The standard InChI is InChI=1S/C25H21N5O5/c31-21-14-26-9-11-28(21)16-1-3-17(4-2-16)29-10-7-19-22(25(33)34)27-30(23(19)24(29)32)18-5-6-20-15(13-18)8-12-35-20/h1-6,8,12-13,26H,7,9-11,14H2,(H,33,34). The van der Waals surface area contributed by atoms with E-state index in [0.717, 1.165) is 17.6 Å². The average Bonchev–Trinajstić information content (AvgIpc) is 3.50. The van der Waals surface area contributed by atoms with Gasteiger partial charge in [0.25, 0.3) is 5.91 Å². The Morgan fingerprint density at radius 2 is 1.71 bits per heavy atom. The van der Waals surface area contributed by atoms with Crippen molar-refractivity contribution in [3.63, 3.8) is 0 Å². The second-order valence-corrected chi connectivity index (χ2v) is 8.48. The number of anilines is 2. The fourth-order valence-electron chi connectivity index (χ4n) is 4.74. The van der Waals surface area contributed by atoms with Gasteiger partial charge in [-0.2, -0.15) is 5.10 Å². The maximum Gasteiger partial charge on any atom is 0.356 e. The predicted octanol–water partition coefficient (Wildman–Crippen LogP) is 2.46. The van der Waals surface area contributed by atoms with Crippen LogP contribution in [0.1, 0.15) is 26.5 Å². The van der Waals surface area contributed by atoms with Crippen molar-refractivity contribution in [3.05, 3.63) is 71.7 Å². The fraction of sp³-hybridized carbons (Fsp3) is 0.200. The number of piperazine rings is 1. The molecule has 2 amide bonds. The smallest absolute Gasteiger partial charge is 0.356 e. The maximum absolute atomic E-state index is 13.7. The van der Waals surface area contributed by atoms with E-state index in [1.807, 2.05) is 30.3 Å². The summed E-state index contributed by atoms with van der Waals surface area (Å²) in [4.78, 5) is 41.1. The molecule has 1 saturated heterocycles. The Morgan fingerprint density at radius 3 is 2.46 bits per heavy atom. The molecular formula is C25H21N5O5. The molecule has 176 valence electrons. The first kappa shape index (κ1) is 21.1. The zero-order valence-electron chi connectivity index (χ0n) is 18.6. The molecule has 10 nitrogen and oxygen atoms in total. The summed E-state index contributed by atoms with van der Waals surface area (Å²) in [6, 6.07) is 14.4. The van der Waals surface area contributed by atoms with Crippen LogP contribution in [0.2, 0.25) is 0 Å². The molecule has 0 aliphatic carbocycles. The summed E-state index contributed by atoms with van der Waals surface area (Å²) in [5, 5.41) is 17.9. The third-order valence-corrected chi connectivity index (χ3v) is 6.46. The van der Waals surface area contributed by atoms with Crippen LogP contribution in [0.3, 0.4) is 0 Å². The largest absolute Gasteiger partial charge is 0.476 e. The lowest BCUT2D eigenvalue weighted by Crippen LogP contribution is -2.48. The first-order chi connectivity index (χ1) is 17.0. The van der Waals surface area contributed by atoms with E-state index < -0.39 is 5.97 Å².